The van der Waals surface area contributed by atoms with Crippen LogP contribution in [0.15, 0.2) is 30.5 Å². The minimum absolute atomic E-state index is 0.0515. The van der Waals surface area contributed by atoms with E-state index in [-0.39, 0.29) is 17.4 Å². The number of hydrogen-bond donors (Lipinski definition) is 0. The highest BCUT2D eigenvalue weighted by molar-refractivity contribution is 5.32. The molecule has 0 N–H and O–H groups in total. The van der Waals surface area contributed by atoms with Gasteiger partial charge in [0.25, 0.3) is 0 Å². The lowest BCUT2D eigenvalue weighted by atomic mass is 9.87. The van der Waals surface area contributed by atoms with Crippen molar-refractivity contribution in [3.63, 3.8) is 0 Å². The Kier molecular flexibility index (Phi) is 4.46. The SMILES string of the molecule is CC(C)(C)c1ccnc(Cc2cc(F)c(C(F)(F)F)c(F)c2)c1. The van der Waals surface area contributed by atoms with E-state index in [1.165, 1.54) is 0 Å². The van der Waals surface area contributed by atoms with E-state index in [2.05, 4.69) is 4.98 Å². The number of benzene rings is 1. The number of rotatable bonds is 2. The van der Waals surface area contributed by atoms with Crippen molar-refractivity contribution in [3.05, 3.63) is 64.5 Å². The number of halogens is 5. The molecule has 0 saturated heterocycles. The first kappa shape index (κ1) is 17.4. The largest absolute Gasteiger partial charge is 0.422 e. The molecule has 124 valence electrons. The molecule has 0 aliphatic carbocycles. The normalized spacial score (nSPS) is 12.5. The number of pyridine rings is 1. The highest BCUT2D eigenvalue weighted by Gasteiger charge is 2.37. The summed E-state index contributed by atoms with van der Waals surface area (Å²) in [6, 6.07) is 5.03. The van der Waals surface area contributed by atoms with Crippen LogP contribution in [0.1, 0.15) is 43.2 Å². The molecule has 1 aromatic carbocycles. The predicted molar refractivity (Wildman–Crippen MR) is 77.1 cm³/mol. The van der Waals surface area contributed by atoms with Crippen LogP contribution in [0.4, 0.5) is 22.0 Å². The van der Waals surface area contributed by atoms with Crippen molar-refractivity contribution in [2.24, 2.45) is 0 Å². The third kappa shape index (κ3) is 4.06. The van der Waals surface area contributed by atoms with Crippen LogP contribution in [0.25, 0.3) is 0 Å². The Labute approximate surface area is 131 Å². The third-order valence-electron chi connectivity index (χ3n) is 3.45. The van der Waals surface area contributed by atoms with Crippen molar-refractivity contribution in [1.29, 1.82) is 0 Å². The molecule has 23 heavy (non-hydrogen) atoms. The van der Waals surface area contributed by atoms with Gasteiger partial charge in [-0.2, -0.15) is 13.2 Å². The van der Waals surface area contributed by atoms with Gasteiger partial charge in [-0.3, -0.25) is 4.98 Å². The van der Waals surface area contributed by atoms with E-state index in [1.54, 1.807) is 12.3 Å². The topological polar surface area (TPSA) is 12.9 Å². The molecule has 2 rings (SSSR count). The third-order valence-corrected chi connectivity index (χ3v) is 3.45. The molecule has 0 atom stereocenters. The van der Waals surface area contributed by atoms with Gasteiger partial charge in [0, 0.05) is 18.3 Å². The Bertz CT molecular complexity index is 691. The fourth-order valence-corrected chi connectivity index (χ4v) is 2.25. The highest BCUT2D eigenvalue weighted by atomic mass is 19.4. The van der Waals surface area contributed by atoms with Crippen molar-refractivity contribution < 1.29 is 22.0 Å². The molecule has 2 aromatic rings. The molecule has 6 heteroatoms. The molecule has 0 aliphatic rings. The summed E-state index contributed by atoms with van der Waals surface area (Å²) < 4.78 is 64.9. The predicted octanol–water partition coefficient (Wildman–Crippen LogP) is 5.27. The quantitative estimate of drug-likeness (QED) is 0.684. The zero-order valence-electron chi connectivity index (χ0n) is 12.9. The minimum atomic E-state index is -5.06. The Balaban J connectivity index is 2.35. The van der Waals surface area contributed by atoms with Gasteiger partial charge in [0.15, 0.2) is 0 Å². The Morgan fingerprint density at radius 3 is 2.00 bits per heavy atom. The average molecular weight is 329 g/mol. The molecule has 1 nitrogen and oxygen atoms in total. The molecule has 0 saturated carbocycles. The van der Waals surface area contributed by atoms with Crippen LogP contribution in [-0.4, -0.2) is 4.98 Å². The summed E-state index contributed by atoms with van der Waals surface area (Å²) in [6.07, 6.45) is -3.43. The van der Waals surface area contributed by atoms with Crippen molar-refractivity contribution >= 4 is 0 Å². The molecule has 1 aromatic heterocycles. The molecule has 0 fully saturated rings. The molecule has 0 aliphatic heterocycles. The van der Waals surface area contributed by atoms with Crippen LogP contribution >= 0.6 is 0 Å². The Hall–Kier alpha value is -1.98. The van der Waals surface area contributed by atoms with E-state index >= 15 is 0 Å². The zero-order chi connectivity index (χ0) is 17.4. The Morgan fingerprint density at radius 1 is 0.957 bits per heavy atom. The van der Waals surface area contributed by atoms with Gasteiger partial charge in [0.2, 0.25) is 0 Å². The van der Waals surface area contributed by atoms with Crippen molar-refractivity contribution in [1.82, 2.24) is 4.98 Å². The van der Waals surface area contributed by atoms with Crippen LogP contribution in [0.5, 0.6) is 0 Å². The van der Waals surface area contributed by atoms with Gasteiger partial charge in [-0.1, -0.05) is 20.8 Å². The van der Waals surface area contributed by atoms with Gasteiger partial charge in [-0.25, -0.2) is 8.78 Å². The van der Waals surface area contributed by atoms with Gasteiger partial charge in [0.1, 0.15) is 17.2 Å². The molecule has 0 bridgehead atoms. The molecule has 1 heterocycles. The van der Waals surface area contributed by atoms with E-state index < -0.39 is 23.4 Å². The molecule has 0 spiro atoms. The zero-order valence-corrected chi connectivity index (χ0v) is 12.9. The molecule has 0 radical (unpaired) electrons. The van der Waals surface area contributed by atoms with E-state index in [0.29, 0.717) is 17.8 Å². The first-order valence-electron chi connectivity index (χ1n) is 6.99. The van der Waals surface area contributed by atoms with Gasteiger partial charge >= 0.3 is 6.18 Å². The van der Waals surface area contributed by atoms with Gasteiger partial charge in [-0.05, 0) is 40.8 Å². The van der Waals surface area contributed by atoms with Crippen LogP contribution in [0.3, 0.4) is 0 Å². The summed E-state index contributed by atoms with van der Waals surface area (Å²) in [5.41, 5.74) is -0.371. The fraction of sp³-hybridized carbons (Fsp3) is 0.353. The second-order valence-electron chi connectivity index (χ2n) is 6.39. The molecular weight excluding hydrogens is 313 g/mol. The summed E-state index contributed by atoms with van der Waals surface area (Å²) >= 11 is 0. The van der Waals surface area contributed by atoms with E-state index in [0.717, 1.165) is 5.56 Å². The molecule has 0 amide bonds. The second kappa shape index (κ2) is 5.91. The maximum absolute atomic E-state index is 13.6. The molecular formula is C17H16F5N. The fourth-order valence-electron chi connectivity index (χ4n) is 2.25. The lowest BCUT2D eigenvalue weighted by Crippen LogP contribution is -2.13. The lowest BCUT2D eigenvalue weighted by Gasteiger charge is -2.19. The van der Waals surface area contributed by atoms with Crippen LogP contribution in [-0.2, 0) is 18.0 Å². The maximum atomic E-state index is 13.6. The standard InChI is InChI=1S/C17H16F5N/c1-16(2,3)11-4-5-23-12(9-11)6-10-7-13(18)15(14(19)8-10)17(20,21)22/h4-5,7-9H,6H2,1-3H3. The highest BCUT2D eigenvalue weighted by Crippen LogP contribution is 2.34. The Morgan fingerprint density at radius 2 is 1.52 bits per heavy atom. The van der Waals surface area contributed by atoms with Crippen LogP contribution in [0, 0.1) is 11.6 Å². The smallest absolute Gasteiger partial charge is 0.261 e. The summed E-state index contributed by atoms with van der Waals surface area (Å²) in [4.78, 5) is 4.11. The number of nitrogens with zero attached hydrogens (tertiary/aromatic N) is 1. The number of alkyl halides is 3. The second-order valence-corrected chi connectivity index (χ2v) is 6.39. The van der Waals surface area contributed by atoms with Crippen molar-refractivity contribution in [2.75, 3.05) is 0 Å². The van der Waals surface area contributed by atoms with Gasteiger partial charge in [-0.15, -0.1) is 0 Å². The van der Waals surface area contributed by atoms with Crippen molar-refractivity contribution in [3.8, 4) is 0 Å². The van der Waals surface area contributed by atoms with Crippen molar-refractivity contribution in [2.45, 2.75) is 38.8 Å². The summed E-state index contributed by atoms with van der Waals surface area (Å²) in [5, 5.41) is 0. The molecule has 0 unspecified atom stereocenters. The van der Waals surface area contributed by atoms with Crippen LogP contribution < -0.4 is 0 Å². The first-order valence-corrected chi connectivity index (χ1v) is 6.99. The van der Waals surface area contributed by atoms with E-state index in [1.807, 2.05) is 26.8 Å². The summed E-state index contributed by atoms with van der Waals surface area (Å²) in [6.45, 7) is 6.01. The monoisotopic (exact) mass is 329 g/mol. The first-order chi connectivity index (χ1) is 10.5. The van der Waals surface area contributed by atoms with Gasteiger partial charge < -0.3 is 0 Å². The summed E-state index contributed by atoms with van der Waals surface area (Å²) in [5.74, 6) is -3.22. The average Bonchev–Trinajstić information content (AvgIpc) is 2.35. The number of aromatic nitrogens is 1. The van der Waals surface area contributed by atoms with Crippen LogP contribution in [0.2, 0.25) is 0 Å². The number of hydrogen-bond acceptors (Lipinski definition) is 1. The van der Waals surface area contributed by atoms with Gasteiger partial charge in [0.05, 0.1) is 0 Å². The van der Waals surface area contributed by atoms with E-state index in [9.17, 15) is 22.0 Å². The lowest BCUT2D eigenvalue weighted by molar-refractivity contribution is -0.142. The summed E-state index contributed by atoms with van der Waals surface area (Å²) in [7, 11) is 0. The minimum Gasteiger partial charge on any atom is -0.261 e. The maximum Gasteiger partial charge on any atom is 0.422 e. The van der Waals surface area contributed by atoms with E-state index in [4.69, 9.17) is 0 Å².